The highest BCUT2D eigenvalue weighted by Gasteiger charge is 2.17. The molecule has 0 radical (unpaired) electrons. The number of amides is 2. The molecule has 0 saturated heterocycles. The van der Waals surface area contributed by atoms with Crippen LogP contribution in [0.25, 0.3) is 0 Å². The van der Waals surface area contributed by atoms with Crippen molar-refractivity contribution in [2.45, 2.75) is 26.7 Å². The van der Waals surface area contributed by atoms with Gasteiger partial charge in [0.05, 0.1) is 16.8 Å². The Morgan fingerprint density at radius 3 is 2.26 bits per heavy atom. The van der Waals surface area contributed by atoms with E-state index in [2.05, 4.69) is 10.6 Å². The SMILES string of the molecule is CCc1cccc(CC)c1NC(=O)COC(=O)c1ccccc1NC(=O)c1ccsc1. The minimum Gasteiger partial charge on any atom is -0.452 e. The van der Waals surface area contributed by atoms with Crippen molar-refractivity contribution in [1.82, 2.24) is 0 Å². The van der Waals surface area contributed by atoms with Crippen molar-refractivity contribution in [1.29, 1.82) is 0 Å². The molecule has 160 valence electrons. The summed E-state index contributed by atoms with van der Waals surface area (Å²) >= 11 is 1.41. The summed E-state index contributed by atoms with van der Waals surface area (Å²) in [6, 6.07) is 14.1. The fourth-order valence-electron chi connectivity index (χ4n) is 3.15. The number of thiophene rings is 1. The van der Waals surface area contributed by atoms with Crippen LogP contribution in [0, 0.1) is 0 Å². The van der Waals surface area contributed by atoms with Crippen molar-refractivity contribution in [2.24, 2.45) is 0 Å². The van der Waals surface area contributed by atoms with E-state index in [1.165, 1.54) is 11.3 Å². The first-order valence-electron chi connectivity index (χ1n) is 10.0. The second-order valence-corrected chi connectivity index (χ2v) is 7.57. The van der Waals surface area contributed by atoms with Gasteiger partial charge in [0.2, 0.25) is 0 Å². The number of carbonyl (C=O) groups excluding carboxylic acids is 3. The van der Waals surface area contributed by atoms with E-state index in [0.717, 1.165) is 29.7 Å². The van der Waals surface area contributed by atoms with Gasteiger partial charge < -0.3 is 15.4 Å². The Morgan fingerprint density at radius 1 is 0.903 bits per heavy atom. The second-order valence-electron chi connectivity index (χ2n) is 6.79. The van der Waals surface area contributed by atoms with E-state index in [1.807, 2.05) is 32.0 Å². The van der Waals surface area contributed by atoms with Crippen LogP contribution in [-0.4, -0.2) is 24.4 Å². The number of hydrogen-bond acceptors (Lipinski definition) is 5. The molecule has 2 amide bonds. The van der Waals surface area contributed by atoms with Gasteiger partial charge in [0.1, 0.15) is 0 Å². The normalized spacial score (nSPS) is 10.4. The summed E-state index contributed by atoms with van der Waals surface area (Å²) in [5.41, 5.74) is 3.85. The molecule has 6 nitrogen and oxygen atoms in total. The van der Waals surface area contributed by atoms with Gasteiger partial charge in [-0.15, -0.1) is 0 Å². The van der Waals surface area contributed by atoms with Crippen LogP contribution in [0.5, 0.6) is 0 Å². The first-order chi connectivity index (χ1) is 15.0. The lowest BCUT2D eigenvalue weighted by Crippen LogP contribution is -2.23. The van der Waals surface area contributed by atoms with Crippen molar-refractivity contribution in [3.8, 4) is 0 Å². The summed E-state index contributed by atoms with van der Waals surface area (Å²) in [5, 5.41) is 9.11. The highest BCUT2D eigenvalue weighted by molar-refractivity contribution is 7.08. The molecule has 0 saturated carbocycles. The Hall–Kier alpha value is -3.45. The molecule has 3 aromatic rings. The Balaban J connectivity index is 1.65. The van der Waals surface area contributed by atoms with Crippen molar-refractivity contribution in [3.05, 3.63) is 81.5 Å². The standard InChI is InChI=1S/C24H24N2O4S/c1-3-16-8-7-9-17(4-2)22(16)26-21(27)14-30-24(29)19-10-5-6-11-20(19)25-23(28)18-12-13-31-15-18/h5-13,15H,3-4,14H2,1-2H3,(H,25,28)(H,26,27). The highest BCUT2D eigenvalue weighted by atomic mass is 32.1. The van der Waals surface area contributed by atoms with Gasteiger partial charge in [0, 0.05) is 11.1 Å². The first-order valence-corrected chi connectivity index (χ1v) is 11.0. The summed E-state index contributed by atoms with van der Waals surface area (Å²) < 4.78 is 5.22. The van der Waals surface area contributed by atoms with Crippen LogP contribution >= 0.6 is 11.3 Å². The van der Waals surface area contributed by atoms with E-state index in [0.29, 0.717) is 11.3 Å². The quantitative estimate of drug-likeness (QED) is 0.491. The molecule has 31 heavy (non-hydrogen) atoms. The van der Waals surface area contributed by atoms with Crippen molar-refractivity contribution >= 4 is 40.5 Å². The molecule has 0 spiro atoms. The van der Waals surface area contributed by atoms with E-state index >= 15 is 0 Å². The fraction of sp³-hybridized carbons (Fsp3) is 0.208. The van der Waals surface area contributed by atoms with E-state index < -0.39 is 18.5 Å². The summed E-state index contributed by atoms with van der Waals surface area (Å²) in [7, 11) is 0. The molecule has 0 fully saturated rings. The smallest absolute Gasteiger partial charge is 0.340 e. The lowest BCUT2D eigenvalue weighted by Gasteiger charge is -2.15. The third-order valence-electron chi connectivity index (χ3n) is 4.78. The maximum atomic E-state index is 12.6. The van der Waals surface area contributed by atoms with Gasteiger partial charge in [-0.25, -0.2) is 4.79 Å². The maximum Gasteiger partial charge on any atom is 0.340 e. The van der Waals surface area contributed by atoms with Gasteiger partial charge in [0.25, 0.3) is 11.8 Å². The van der Waals surface area contributed by atoms with E-state index in [1.54, 1.807) is 41.1 Å². The van der Waals surface area contributed by atoms with Crippen LogP contribution in [0.3, 0.4) is 0 Å². The number of nitrogens with one attached hydrogen (secondary N) is 2. The molecule has 0 aliphatic rings. The van der Waals surface area contributed by atoms with Crippen molar-refractivity contribution < 1.29 is 19.1 Å². The number of rotatable bonds is 8. The van der Waals surface area contributed by atoms with E-state index in [-0.39, 0.29) is 11.5 Å². The van der Waals surface area contributed by atoms with Crippen LogP contribution in [0.4, 0.5) is 11.4 Å². The molecule has 2 N–H and O–H groups in total. The molecule has 3 rings (SSSR count). The van der Waals surface area contributed by atoms with Crippen LogP contribution in [-0.2, 0) is 22.4 Å². The maximum absolute atomic E-state index is 12.6. The van der Waals surface area contributed by atoms with E-state index in [4.69, 9.17) is 4.74 Å². The van der Waals surface area contributed by atoms with Gasteiger partial charge in [-0.3, -0.25) is 9.59 Å². The Morgan fingerprint density at radius 2 is 1.61 bits per heavy atom. The van der Waals surface area contributed by atoms with E-state index in [9.17, 15) is 14.4 Å². The lowest BCUT2D eigenvalue weighted by atomic mass is 10.0. The molecule has 1 heterocycles. The highest BCUT2D eigenvalue weighted by Crippen LogP contribution is 2.23. The Kier molecular flexibility index (Phi) is 7.56. The third-order valence-corrected chi connectivity index (χ3v) is 5.46. The van der Waals surface area contributed by atoms with Gasteiger partial charge in [-0.05, 0) is 47.5 Å². The minimum atomic E-state index is -0.684. The first kappa shape index (κ1) is 22.2. The fourth-order valence-corrected chi connectivity index (χ4v) is 3.78. The van der Waals surface area contributed by atoms with Crippen LogP contribution in [0.1, 0.15) is 45.7 Å². The third kappa shape index (κ3) is 5.58. The molecule has 1 aromatic heterocycles. The average molecular weight is 437 g/mol. The number of esters is 1. The zero-order valence-electron chi connectivity index (χ0n) is 17.4. The molecule has 0 aliphatic carbocycles. The molecule has 0 atom stereocenters. The predicted molar refractivity (Wildman–Crippen MR) is 123 cm³/mol. The van der Waals surface area contributed by atoms with Gasteiger partial charge in [-0.2, -0.15) is 11.3 Å². The Bertz CT molecular complexity index is 1050. The summed E-state index contributed by atoms with van der Waals surface area (Å²) in [6.07, 6.45) is 1.56. The second kappa shape index (κ2) is 10.5. The predicted octanol–water partition coefficient (Wildman–Crippen LogP) is 4.92. The average Bonchev–Trinajstić information content (AvgIpc) is 3.33. The molecule has 7 heteroatoms. The molecule has 2 aromatic carbocycles. The van der Waals surface area contributed by atoms with Crippen LogP contribution < -0.4 is 10.6 Å². The summed E-state index contributed by atoms with van der Waals surface area (Å²) in [5.74, 6) is -1.41. The van der Waals surface area contributed by atoms with Crippen LogP contribution in [0.2, 0.25) is 0 Å². The number of para-hydroxylation sites is 2. The summed E-state index contributed by atoms with van der Waals surface area (Å²) in [4.78, 5) is 37.4. The largest absolute Gasteiger partial charge is 0.452 e. The minimum absolute atomic E-state index is 0.182. The Labute approximate surface area is 185 Å². The van der Waals surface area contributed by atoms with Gasteiger partial charge in [0.15, 0.2) is 6.61 Å². The van der Waals surface area contributed by atoms with Crippen molar-refractivity contribution in [2.75, 3.05) is 17.2 Å². The zero-order chi connectivity index (χ0) is 22.2. The topological polar surface area (TPSA) is 84.5 Å². The molecule has 0 unspecified atom stereocenters. The van der Waals surface area contributed by atoms with Crippen LogP contribution in [0.15, 0.2) is 59.3 Å². The molecular weight excluding hydrogens is 412 g/mol. The number of aryl methyl sites for hydroxylation is 2. The molecule has 0 aliphatic heterocycles. The summed E-state index contributed by atoms with van der Waals surface area (Å²) in [6.45, 7) is 3.62. The lowest BCUT2D eigenvalue weighted by molar-refractivity contribution is -0.119. The monoisotopic (exact) mass is 436 g/mol. The number of ether oxygens (including phenoxy) is 1. The number of carbonyl (C=O) groups is 3. The van der Waals surface area contributed by atoms with Gasteiger partial charge >= 0.3 is 5.97 Å². The zero-order valence-corrected chi connectivity index (χ0v) is 18.3. The molecular formula is C24H24N2O4S. The number of anilines is 2. The van der Waals surface area contributed by atoms with Gasteiger partial charge in [-0.1, -0.05) is 44.2 Å². The molecule has 0 bridgehead atoms. The van der Waals surface area contributed by atoms with Crippen molar-refractivity contribution in [3.63, 3.8) is 0 Å². The number of hydrogen-bond donors (Lipinski definition) is 2. The number of benzene rings is 2.